The number of benzene rings is 1. The number of aliphatic carboxylic acids is 1. The maximum absolute atomic E-state index is 14.6. The lowest BCUT2D eigenvalue weighted by atomic mass is 9.78. The molecule has 4 aliphatic rings. The average molecular weight is 1160 g/mol. The van der Waals surface area contributed by atoms with E-state index in [9.17, 15) is 58.8 Å². The number of carbonyl (C=O) groups excluding carboxylic acids is 7. The van der Waals surface area contributed by atoms with E-state index in [1.54, 1.807) is 78.1 Å². The number of cyclic esters (lactones) is 1. The Balaban J connectivity index is 1.35. The van der Waals surface area contributed by atoms with E-state index in [1.807, 2.05) is 44.2 Å². The van der Waals surface area contributed by atoms with Gasteiger partial charge in [0.05, 0.1) is 18.3 Å². The first kappa shape index (κ1) is 67.9. The van der Waals surface area contributed by atoms with Gasteiger partial charge >= 0.3 is 24.0 Å². The number of carbonyl (C=O) groups is 8. The smallest absolute Gasteiger partial charge is 0.408 e. The number of nitrogens with zero attached hydrogens (tertiary/aromatic N) is 1. The number of allylic oxidation sites excluding steroid dienone is 6. The van der Waals surface area contributed by atoms with Crippen LogP contribution in [-0.4, -0.2) is 154 Å². The number of nitrogens with one attached hydrogen (secondary N) is 1. The zero-order chi connectivity index (χ0) is 61.1. The normalized spacial score (nSPS) is 34.3. The summed E-state index contributed by atoms with van der Waals surface area (Å²) in [7, 11) is 2.89. The summed E-state index contributed by atoms with van der Waals surface area (Å²) in [4.78, 5) is 110. The number of rotatable bonds is 13. The average Bonchev–Trinajstić information content (AvgIpc) is 3.19. The molecule has 2 bridgehead atoms. The number of aliphatic hydroxyl groups excluding tert-OH is 2. The highest BCUT2D eigenvalue weighted by Crippen LogP contribution is 2.38. The summed E-state index contributed by atoms with van der Waals surface area (Å²) in [5, 5.41) is 46.9. The van der Waals surface area contributed by atoms with Crippen LogP contribution in [0.2, 0.25) is 0 Å². The lowest BCUT2D eigenvalue weighted by Crippen LogP contribution is -2.61. The van der Waals surface area contributed by atoms with E-state index in [0.717, 1.165) is 10.5 Å². The Labute approximate surface area is 488 Å². The third-order valence-electron chi connectivity index (χ3n) is 16.9. The molecule has 2 amide bonds. The van der Waals surface area contributed by atoms with Gasteiger partial charge in [0.15, 0.2) is 5.78 Å². The third kappa shape index (κ3) is 19.6. The molecule has 1 saturated carbocycles. The fourth-order valence-corrected chi connectivity index (χ4v) is 11.7. The predicted octanol–water partition coefficient (Wildman–Crippen LogP) is 7.24. The molecular formula is C63H90N2O18. The highest BCUT2D eigenvalue weighted by molar-refractivity contribution is 6.39. The fraction of sp³-hybridized carbons (Fsp3) is 0.651. The van der Waals surface area contributed by atoms with Gasteiger partial charge in [-0.3, -0.25) is 24.0 Å². The van der Waals surface area contributed by atoms with E-state index in [1.165, 1.54) is 7.11 Å². The molecule has 20 heteroatoms. The number of methoxy groups -OCH3 is 2. The SMILES string of the molecule is CO[C@H]1C[C@@H]2CC[C@@H](C)[C@@](O)(O2)C(=O)C(=O)N2CCCC[C@H]2C(=O)O[C@H]([C@H](C)C[C@@H]2CC[C@@H](OC(=O)CC[C@H](NC(=O)OCc3ccccc3)C(=O)O)[C@H](O)C2)CC(=O)[C@H](C)/C=C(\C)[C@@H](O)[C@@H](OC)C(=O)[C@H](C)C[C@H](C)/C=C/C=C/C=C/1C. The number of aliphatic hydroxyl groups is 3. The van der Waals surface area contributed by atoms with E-state index < -0.39 is 120 Å². The molecule has 0 aromatic heterocycles. The van der Waals surface area contributed by atoms with Crippen molar-refractivity contribution in [3.8, 4) is 0 Å². The number of ether oxygens (including phenoxy) is 6. The second-order valence-corrected chi connectivity index (χ2v) is 23.5. The molecule has 83 heavy (non-hydrogen) atoms. The lowest BCUT2D eigenvalue weighted by molar-refractivity contribution is -0.265. The van der Waals surface area contributed by atoms with Crippen molar-refractivity contribution in [2.45, 2.75) is 206 Å². The summed E-state index contributed by atoms with van der Waals surface area (Å²) >= 11 is 0. The van der Waals surface area contributed by atoms with Crippen LogP contribution in [-0.2, 0) is 68.6 Å². The monoisotopic (exact) mass is 1160 g/mol. The van der Waals surface area contributed by atoms with Crippen molar-refractivity contribution in [2.24, 2.45) is 35.5 Å². The van der Waals surface area contributed by atoms with Crippen molar-refractivity contribution in [1.82, 2.24) is 10.2 Å². The molecule has 1 aliphatic carbocycles. The number of fused-ring (bicyclic) bond motifs is 3. The largest absolute Gasteiger partial charge is 0.480 e. The van der Waals surface area contributed by atoms with Crippen LogP contribution in [0.4, 0.5) is 4.79 Å². The van der Waals surface area contributed by atoms with E-state index in [4.69, 9.17) is 28.4 Å². The van der Waals surface area contributed by atoms with Gasteiger partial charge in [0, 0.05) is 57.8 Å². The summed E-state index contributed by atoms with van der Waals surface area (Å²) in [5.41, 5.74) is 1.85. The quantitative estimate of drug-likeness (QED) is 0.0563. The predicted molar refractivity (Wildman–Crippen MR) is 305 cm³/mol. The van der Waals surface area contributed by atoms with Crippen LogP contribution in [0.15, 0.2) is 77.9 Å². The summed E-state index contributed by atoms with van der Waals surface area (Å²) in [6.45, 7) is 12.2. The van der Waals surface area contributed by atoms with Crippen molar-refractivity contribution >= 4 is 47.3 Å². The molecule has 0 unspecified atom stereocenters. The molecule has 0 radical (unpaired) electrons. The van der Waals surface area contributed by atoms with Crippen LogP contribution in [0.1, 0.15) is 144 Å². The molecule has 1 aromatic rings. The van der Waals surface area contributed by atoms with Gasteiger partial charge in [-0.05, 0) is 119 Å². The number of esters is 2. The number of carboxylic acids is 1. The molecule has 1 aromatic carbocycles. The number of carboxylic acid groups (broad SMARTS) is 1. The van der Waals surface area contributed by atoms with Crippen molar-refractivity contribution in [3.05, 3.63) is 83.5 Å². The number of hydrogen-bond donors (Lipinski definition) is 5. The van der Waals surface area contributed by atoms with Gasteiger partial charge in [0.25, 0.3) is 11.7 Å². The molecular weight excluding hydrogens is 1070 g/mol. The summed E-state index contributed by atoms with van der Waals surface area (Å²) in [5.74, 6) is -11.4. The van der Waals surface area contributed by atoms with Crippen LogP contribution < -0.4 is 5.32 Å². The lowest BCUT2D eigenvalue weighted by Gasteiger charge is -2.42. The summed E-state index contributed by atoms with van der Waals surface area (Å²) < 4.78 is 34.6. The van der Waals surface area contributed by atoms with Gasteiger partial charge in [-0.25, -0.2) is 14.4 Å². The van der Waals surface area contributed by atoms with Crippen molar-refractivity contribution in [1.29, 1.82) is 0 Å². The first-order valence-corrected chi connectivity index (χ1v) is 29.4. The van der Waals surface area contributed by atoms with Gasteiger partial charge in [-0.1, -0.05) is 101 Å². The Morgan fingerprint density at radius 1 is 0.867 bits per heavy atom. The molecule has 2 saturated heterocycles. The van der Waals surface area contributed by atoms with Crippen molar-refractivity contribution in [2.75, 3.05) is 20.8 Å². The fourth-order valence-electron chi connectivity index (χ4n) is 11.7. The first-order chi connectivity index (χ1) is 39.4. The molecule has 3 heterocycles. The number of alkyl carbamates (subject to hydrolysis) is 1. The Morgan fingerprint density at radius 2 is 1.59 bits per heavy atom. The van der Waals surface area contributed by atoms with Gasteiger partial charge in [-0.15, -0.1) is 0 Å². The zero-order valence-corrected chi connectivity index (χ0v) is 49.8. The molecule has 460 valence electrons. The Hall–Kier alpha value is -5.90. The maximum atomic E-state index is 14.6. The minimum Gasteiger partial charge on any atom is -0.480 e. The minimum atomic E-state index is -2.50. The van der Waals surface area contributed by atoms with Crippen LogP contribution in [0, 0.1) is 35.5 Å². The minimum absolute atomic E-state index is 0.00841. The second kappa shape index (κ2) is 32.4. The zero-order valence-electron chi connectivity index (χ0n) is 49.8. The molecule has 3 aliphatic heterocycles. The number of piperidine rings is 1. The van der Waals surface area contributed by atoms with Crippen LogP contribution in [0.5, 0.6) is 0 Å². The Kier molecular flexibility index (Phi) is 26.5. The third-order valence-corrected chi connectivity index (χ3v) is 16.9. The Bertz CT molecular complexity index is 2510. The highest BCUT2D eigenvalue weighted by Gasteiger charge is 2.53. The van der Waals surface area contributed by atoms with E-state index in [0.29, 0.717) is 56.1 Å². The van der Waals surface area contributed by atoms with Gasteiger partial charge < -0.3 is 59.1 Å². The summed E-state index contributed by atoms with van der Waals surface area (Å²) in [6.07, 6.45) is 5.93. The van der Waals surface area contributed by atoms with E-state index in [-0.39, 0.29) is 81.5 Å². The number of hydrogen-bond acceptors (Lipinski definition) is 17. The van der Waals surface area contributed by atoms with E-state index in [2.05, 4.69) is 5.32 Å². The maximum Gasteiger partial charge on any atom is 0.408 e. The molecule has 16 atom stereocenters. The van der Waals surface area contributed by atoms with Gasteiger partial charge in [0.1, 0.15) is 48.9 Å². The molecule has 5 N–H and O–H groups in total. The van der Waals surface area contributed by atoms with Crippen LogP contribution in [0.25, 0.3) is 0 Å². The topological polar surface area (TPSA) is 288 Å². The standard InChI is InChI=1S/C63H90N2O18/c1-37-18-12-10-13-19-38(2)52(78-8)34-46-25-23-43(7)63(77,83-46)58(71)59(72)65-29-17-16-22-48(65)61(75)82-53(35-49(66)39(3)31-42(6)56(70)57(79-9)55(69)41(5)30-37)40(4)32-45-24-27-51(50(67)33-45)81-54(68)28-26-47(60(73)74)64-62(76)80-36-44-20-14-11-15-21-44/h10-15,18-21,31,37,39-41,43,45-48,50-53,56-57,67,70,77H,16-17,22-30,32-36H2,1-9H3,(H,64,76)(H,73,74)/b13-10+,18-12+,38-19+,42-31+/t37-,39-,40-,41-,43-,45+,46+,47+,48+,50-,51-,52+,53+,56-,57+,63-/m1/s1. The molecule has 3 fully saturated rings. The Morgan fingerprint density at radius 3 is 2.27 bits per heavy atom. The van der Waals surface area contributed by atoms with Crippen molar-refractivity contribution < 1.29 is 87.2 Å². The first-order valence-electron chi connectivity index (χ1n) is 29.4. The highest BCUT2D eigenvalue weighted by atomic mass is 16.6. The van der Waals surface area contributed by atoms with Gasteiger partial charge in [0.2, 0.25) is 5.79 Å². The molecule has 0 spiro atoms. The molecule has 5 rings (SSSR count). The molecule has 20 nitrogen and oxygen atoms in total. The number of amides is 2. The second-order valence-electron chi connectivity index (χ2n) is 23.5. The number of Topliss-reactive ketones (excluding diaryl/α,β-unsaturated/α-hetero) is 3. The van der Waals surface area contributed by atoms with Crippen LogP contribution >= 0.6 is 0 Å². The van der Waals surface area contributed by atoms with Gasteiger partial charge in [-0.2, -0.15) is 0 Å². The number of ketones is 3. The van der Waals surface area contributed by atoms with Crippen LogP contribution in [0.3, 0.4) is 0 Å². The van der Waals surface area contributed by atoms with Crippen molar-refractivity contribution in [3.63, 3.8) is 0 Å². The summed E-state index contributed by atoms with van der Waals surface area (Å²) in [6, 6.07) is 6.09. The van der Waals surface area contributed by atoms with E-state index >= 15 is 0 Å².